The second kappa shape index (κ2) is 13.4. The van der Waals surface area contributed by atoms with E-state index in [4.69, 9.17) is 4.42 Å². The van der Waals surface area contributed by atoms with Crippen molar-refractivity contribution in [1.29, 1.82) is 0 Å². The van der Waals surface area contributed by atoms with Crippen LogP contribution in [0, 0.1) is 0 Å². The highest BCUT2D eigenvalue weighted by Crippen LogP contribution is 2.64. The molecule has 298 valence electrons. The Labute approximate surface area is 372 Å². The van der Waals surface area contributed by atoms with E-state index in [2.05, 4.69) is 223 Å². The van der Waals surface area contributed by atoms with Crippen LogP contribution in [0.3, 0.4) is 0 Å². The molecule has 3 aliphatic carbocycles. The van der Waals surface area contributed by atoms with Crippen molar-refractivity contribution < 1.29 is 4.42 Å². The third-order valence-electron chi connectivity index (χ3n) is 14.3. The normalized spacial score (nSPS) is 14.9. The summed E-state index contributed by atoms with van der Waals surface area (Å²) in [6.07, 6.45) is 0.949. The number of hydrogen-bond donors (Lipinski definition) is 0. The monoisotopic (exact) mass is 813 g/mol. The maximum atomic E-state index is 6.38. The van der Waals surface area contributed by atoms with E-state index in [9.17, 15) is 0 Å². The molecule has 0 radical (unpaired) electrons. The highest BCUT2D eigenvalue weighted by Gasteiger charge is 2.51. The Morgan fingerprint density at radius 1 is 0.328 bits per heavy atom. The zero-order valence-corrected chi connectivity index (χ0v) is 34.9. The molecule has 1 spiro atoms. The molecule has 1 heterocycles. The number of anilines is 3. The lowest BCUT2D eigenvalue weighted by molar-refractivity contribution is 0.669. The van der Waals surface area contributed by atoms with Crippen LogP contribution in [0.2, 0.25) is 0 Å². The average molecular weight is 814 g/mol. The number of fused-ring (bicyclic) bond motifs is 19. The van der Waals surface area contributed by atoms with E-state index >= 15 is 0 Å². The molecule has 0 aliphatic heterocycles. The second-order valence-corrected chi connectivity index (χ2v) is 17.5. The van der Waals surface area contributed by atoms with Crippen LogP contribution in [-0.4, -0.2) is 0 Å². The quantitative estimate of drug-likeness (QED) is 0.176. The van der Waals surface area contributed by atoms with Crippen molar-refractivity contribution in [3.8, 4) is 55.6 Å². The summed E-state index contributed by atoms with van der Waals surface area (Å²) in [6.45, 7) is 0. The number of furan rings is 1. The molecule has 0 bridgehead atoms. The van der Waals surface area contributed by atoms with Gasteiger partial charge in [-0.3, -0.25) is 0 Å². The van der Waals surface area contributed by atoms with Gasteiger partial charge in [0.05, 0.1) is 5.41 Å². The summed E-state index contributed by atoms with van der Waals surface area (Å²) >= 11 is 0. The molecule has 11 aromatic rings. The minimum absolute atomic E-state index is 0.632. The molecule has 2 nitrogen and oxygen atoms in total. The molecule has 0 N–H and O–H groups in total. The lowest BCUT2D eigenvalue weighted by Crippen LogP contribution is -2.29. The fourth-order valence-corrected chi connectivity index (χ4v) is 11.7. The highest BCUT2D eigenvalue weighted by molar-refractivity contribution is 6.07. The zero-order chi connectivity index (χ0) is 41.9. The summed E-state index contributed by atoms with van der Waals surface area (Å²) in [4.78, 5) is 2.44. The van der Waals surface area contributed by atoms with Crippen LogP contribution in [-0.2, 0) is 11.8 Å². The topological polar surface area (TPSA) is 16.4 Å². The van der Waals surface area contributed by atoms with Crippen molar-refractivity contribution in [1.82, 2.24) is 0 Å². The van der Waals surface area contributed by atoms with Crippen LogP contribution < -0.4 is 4.90 Å². The standard InChI is InChI=1S/C62H39NO/c1-2-14-39(15-3-1)40-26-29-43(30-27-40)63(44-32-35-59-53(37-44)51-21-10-13-25-58(51)64-59)45-31-33-50-48-19-7-6-18-47(48)49-20-8-11-23-54(49)62(57(50)38-45)55-24-12-9-22-52(55)61-56(62)34-28-42-36-41-16-4-5-17-46(41)60(42)61/h1-35,37-38H,36H2. The van der Waals surface area contributed by atoms with Gasteiger partial charge in [-0.2, -0.15) is 0 Å². The van der Waals surface area contributed by atoms with E-state index in [1.807, 2.05) is 6.07 Å². The van der Waals surface area contributed by atoms with E-state index in [0.717, 1.165) is 45.4 Å². The first-order chi connectivity index (χ1) is 31.7. The Kier molecular flexibility index (Phi) is 7.41. The van der Waals surface area contributed by atoms with Gasteiger partial charge in [0.15, 0.2) is 0 Å². The molecular formula is C62H39NO. The SMILES string of the molecule is c1ccc(-c2ccc(N(c3ccc4c(c3)C3(c5ccccc5-c5ccccc5-4)c4ccccc4-c4c3ccc3c4-c4ccccc4C3)c3ccc4oc5ccccc5c4c3)cc2)cc1. The van der Waals surface area contributed by atoms with Gasteiger partial charge >= 0.3 is 0 Å². The fraction of sp³-hybridized carbons (Fsp3) is 0.0323. The summed E-state index contributed by atoms with van der Waals surface area (Å²) in [5.41, 5.74) is 25.2. The van der Waals surface area contributed by atoms with Crippen molar-refractivity contribution in [2.75, 3.05) is 4.90 Å². The Bertz CT molecular complexity index is 3710. The van der Waals surface area contributed by atoms with Gasteiger partial charge in [0, 0.05) is 27.8 Å². The van der Waals surface area contributed by atoms with Crippen LogP contribution in [0.5, 0.6) is 0 Å². The van der Waals surface area contributed by atoms with Crippen LogP contribution in [0.25, 0.3) is 77.6 Å². The average Bonchev–Trinajstić information content (AvgIpc) is 4.00. The summed E-state index contributed by atoms with van der Waals surface area (Å²) < 4.78 is 6.38. The second-order valence-electron chi connectivity index (χ2n) is 17.5. The van der Waals surface area contributed by atoms with Crippen LogP contribution in [0.15, 0.2) is 229 Å². The van der Waals surface area contributed by atoms with Crippen molar-refractivity contribution in [2.24, 2.45) is 0 Å². The van der Waals surface area contributed by atoms with Gasteiger partial charge in [0.1, 0.15) is 11.2 Å². The lowest BCUT2D eigenvalue weighted by atomic mass is 9.65. The molecule has 0 saturated carbocycles. The number of para-hydroxylation sites is 1. The van der Waals surface area contributed by atoms with E-state index < -0.39 is 5.41 Å². The molecule has 14 rings (SSSR count). The molecule has 1 unspecified atom stereocenters. The third-order valence-corrected chi connectivity index (χ3v) is 14.3. The summed E-state index contributed by atoms with van der Waals surface area (Å²) in [6, 6.07) is 83.4. The number of nitrogens with zero attached hydrogens (tertiary/aromatic N) is 1. The van der Waals surface area contributed by atoms with Crippen molar-refractivity contribution >= 4 is 39.0 Å². The minimum Gasteiger partial charge on any atom is -0.456 e. The van der Waals surface area contributed by atoms with Gasteiger partial charge in [0.2, 0.25) is 0 Å². The van der Waals surface area contributed by atoms with E-state index in [1.165, 1.54) is 89.0 Å². The molecule has 0 saturated heterocycles. The largest absolute Gasteiger partial charge is 0.456 e. The van der Waals surface area contributed by atoms with Gasteiger partial charge in [0.25, 0.3) is 0 Å². The zero-order valence-electron chi connectivity index (χ0n) is 34.9. The summed E-state index contributed by atoms with van der Waals surface area (Å²) in [5, 5.41) is 2.21. The first kappa shape index (κ1) is 35.4. The molecule has 64 heavy (non-hydrogen) atoms. The van der Waals surface area contributed by atoms with Crippen LogP contribution in [0.1, 0.15) is 33.4 Å². The summed E-state index contributed by atoms with van der Waals surface area (Å²) in [5.74, 6) is 0. The number of rotatable bonds is 4. The Hall–Kier alpha value is -8.20. The maximum absolute atomic E-state index is 6.38. The minimum atomic E-state index is -0.632. The molecule has 0 fully saturated rings. The van der Waals surface area contributed by atoms with E-state index in [-0.39, 0.29) is 0 Å². The third kappa shape index (κ3) is 4.85. The molecule has 1 atom stereocenters. The molecular weight excluding hydrogens is 775 g/mol. The first-order valence-electron chi connectivity index (χ1n) is 22.3. The van der Waals surface area contributed by atoms with Gasteiger partial charge in [-0.15, -0.1) is 0 Å². The highest BCUT2D eigenvalue weighted by atomic mass is 16.3. The smallest absolute Gasteiger partial charge is 0.135 e. The van der Waals surface area contributed by atoms with Crippen LogP contribution >= 0.6 is 0 Å². The molecule has 1 aromatic heterocycles. The number of benzene rings is 10. The van der Waals surface area contributed by atoms with Crippen molar-refractivity contribution in [3.05, 3.63) is 258 Å². The van der Waals surface area contributed by atoms with E-state index in [1.54, 1.807) is 0 Å². The molecule has 0 amide bonds. The van der Waals surface area contributed by atoms with Gasteiger partial charge in [-0.1, -0.05) is 176 Å². The molecule has 3 aliphatic rings. The Morgan fingerprint density at radius 3 is 1.72 bits per heavy atom. The van der Waals surface area contributed by atoms with Crippen molar-refractivity contribution in [2.45, 2.75) is 11.8 Å². The molecule has 2 heteroatoms. The molecule has 10 aromatic carbocycles. The Morgan fingerprint density at radius 2 is 0.906 bits per heavy atom. The van der Waals surface area contributed by atoms with E-state index in [0.29, 0.717) is 0 Å². The maximum Gasteiger partial charge on any atom is 0.135 e. The van der Waals surface area contributed by atoms with Crippen LogP contribution in [0.4, 0.5) is 17.1 Å². The fourth-order valence-electron chi connectivity index (χ4n) is 11.7. The predicted octanol–water partition coefficient (Wildman–Crippen LogP) is 16.3. The van der Waals surface area contributed by atoms with Gasteiger partial charge in [-0.25, -0.2) is 0 Å². The Balaban J connectivity index is 1.08. The first-order valence-corrected chi connectivity index (χ1v) is 22.3. The van der Waals surface area contributed by atoms with Gasteiger partial charge < -0.3 is 9.32 Å². The summed E-state index contributed by atoms with van der Waals surface area (Å²) in [7, 11) is 0. The lowest BCUT2D eigenvalue weighted by Gasteiger charge is -2.36. The van der Waals surface area contributed by atoms with Crippen molar-refractivity contribution in [3.63, 3.8) is 0 Å². The van der Waals surface area contributed by atoms with Gasteiger partial charge in [-0.05, 0) is 144 Å². The number of hydrogen-bond acceptors (Lipinski definition) is 2. The predicted molar refractivity (Wildman–Crippen MR) is 264 cm³/mol.